The molecule has 0 unspecified atom stereocenters. The second-order valence-electron chi connectivity index (χ2n) is 4.95. The normalized spacial score (nSPS) is 14.1. The van der Waals surface area contributed by atoms with Gasteiger partial charge in [-0.05, 0) is 18.9 Å². The molecule has 1 atom stereocenters. The van der Waals surface area contributed by atoms with Crippen LogP contribution in [0, 0.1) is 5.41 Å². The van der Waals surface area contributed by atoms with Crippen LogP contribution in [0.25, 0.3) is 0 Å². The summed E-state index contributed by atoms with van der Waals surface area (Å²) in [5.74, 6) is 5.91. The summed E-state index contributed by atoms with van der Waals surface area (Å²) in [6, 6.07) is 0.312. The van der Waals surface area contributed by atoms with Gasteiger partial charge in [-0.15, -0.1) is 0 Å². The van der Waals surface area contributed by atoms with Crippen LogP contribution >= 0.6 is 0 Å². The van der Waals surface area contributed by atoms with Crippen molar-refractivity contribution >= 4 is 0 Å². The molecule has 0 saturated heterocycles. The zero-order valence-corrected chi connectivity index (χ0v) is 10.9. The fourth-order valence-corrected chi connectivity index (χ4v) is 2.10. The van der Waals surface area contributed by atoms with E-state index in [-0.39, 0.29) is 5.41 Å². The zero-order chi connectivity index (χ0) is 12.2. The van der Waals surface area contributed by atoms with E-state index in [1.165, 1.54) is 0 Å². The average molecular weight is 210 g/mol. The van der Waals surface area contributed by atoms with Crippen molar-refractivity contribution in [2.24, 2.45) is 11.3 Å². The topological polar surface area (TPSA) is 29.3 Å². The quantitative estimate of drug-likeness (QED) is 0.414. The Labute approximate surface area is 94.8 Å². The van der Waals surface area contributed by atoms with Crippen LogP contribution in [0.4, 0.5) is 0 Å². The first-order chi connectivity index (χ1) is 6.75. The molecule has 0 fully saturated rings. The number of allylic oxidation sites excluding steroid dienone is 1. The highest BCUT2D eigenvalue weighted by atomic mass is 15.4. The van der Waals surface area contributed by atoms with E-state index in [1.54, 1.807) is 5.01 Å². The van der Waals surface area contributed by atoms with Gasteiger partial charge in [-0.3, -0.25) is 5.84 Å². The number of rotatable bonds is 6. The van der Waals surface area contributed by atoms with Crippen LogP contribution in [0.5, 0.6) is 0 Å². The minimum Gasteiger partial charge on any atom is -0.269 e. The first-order valence-corrected chi connectivity index (χ1v) is 5.57. The van der Waals surface area contributed by atoms with Gasteiger partial charge in [-0.1, -0.05) is 45.9 Å². The van der Waals surface area contributed by atoms with Crippen molar-refractivity contribution in [1.29, 1.82) is 0 Å². The lowest BCUT2D eigenvalue weighted by Crippen LogP contribution is -2.47. The maximum absolute atomic E-state index is 5.91. The second-order valence-corrected chi connectivity index (χ2v) is 4.95. The molecule has 2 N–H and O–H groups in total. The molecule has 0 heterocycles. The Bertz CT molecular complexity index is 239. The van der Waals surface area contributed by atoms with Crippen molar-refractivity contribution in [2.75, 3.05) is 7.05 Å². The van der Waals surface area contributed by atoms with E-state index in [0.29, 0.717) is 6.04 Å². The molecular formula is C13H26N2. The monoisotopic (exact) mass is 210 g/mol. The molecule has 15 heavy (non-hydrogen) atoms. The SMILES string of the molecule is C=C(C)C(=C)C(C)(C)[C@H](CCC)N(C)N. The van der Waals surface area contributed by atoms with E-state index in [4.69, 9.17) is 5.84 Å². The third-order valence-corrected chi connectivity index (χ3v) is 3.18. The highest BCUT2D eigenvalue weighted by Crippen LogP contribution is 2.36. The summed E-state index contributed by atoms with van der Waals surface area (Å²) in [5, 5.41) is 1.80. The molecule has 0 aromatic heterocycles. The lowest BCUT2D eigenvalue weighted by atomic mass is 9.74. The lowest BCUT2D eigenvalue weighted by molar-refractivity contribution is 0.131. The number of hydrogen-bond acceptors (Lipinski definition) is 2. The Balaban J connectivity index is 4.93. The van der Waals surface area contributed by atoms with Gasteiger partial charge in [-0.2, -0.15) is 0 Å². The van der Waals surface area contributed by atoms with Gasteiger partial charge >= 0.3 is 0 Å². The van der Waals surface area contributed by atoms with Crippen LogP contribution in [-0.2, 0) is 0 Å². The molecule has 0 saturated carbocycles. The second kappa shape index (κ2) is 5.47. The molecule has 0 aliphatic rings. The van der Waals surface area contributed by atoms with Crippen LogP contribution in [0.1, 0.15) is 40.5 Å². The Kier molecular flexibility index (Phi) is 5.26. The maximum Gasteiger partial charge on any atom is 0.0329 e. The molecule has 2 nitrogen and oxygen atoms in total. The number of hydrogen-bond donors (Lipinski definition) is 1. The van der Waals surface area contributed by atoms with Gasteiger partial charge in [0, 0.05) is 18.5 Å². The highest BCUT2D eigenvalue weighted by Gasteiger charge is 2.33. The summed E-state index contributed by atoms with van der Waals surface area (Å²) in [7, 11) is 1.92. The largest absolute Gasteiger partial charge is 0.269 e. The lowest BCUT2D eigenvalue weighted by Gasteiger charge is -2.40. The minimum atomic E-state index is -0.0225. The molecule has 0 radical (unpaired) electrons. The fourth-order valence-electron chi connectivity index (χ4n) is 2.10. The van der Waals surface area contributed by atoms with Crippen molar-refractivity contribution in [1.82, 2.24) is 5.01 Å². The molecule has 88 valence electrons. The Morgan fingerprint density at radius 2 is 1.87 bits per heavy atom. The van der Waals surface area contributed by atoms with Gasteiger partial charge in [0.25, 0.3) is 0 Å². The molecule has 0 aliphatic heterocycles. The molecule has 0 aliphatic carbocycles. The van der Waals surface area contributed by atoms with Crippen molar-refractivity contribution in [2.45, 2.75) is 46.6 Å². The highest BCUT2D eigenvalue weighted by molar-refractivity contribution is 5.30. The van der Waals surface area contributed by atoms with Crippen LogP contribution in [0.2, 0.25) is 0 Å². The number of hydrazine groups is 1. The zero-order valence-electron chi connectivity index (χ0n) is 10.9. The molecule has 0 spiro atoms. The van der Waals surface area contributed by atoms with Gasteiger partial charge in [0.1, 0.15) is 0 Å². The molecule has 2 heteroatoms. The van der Waals surface area contributed by atoms with Gasteiger partial charge in [-0.25, -0.2) is 5.01 Å². The van der Waals surface area contributed by atoms with Gasteiger partial charge < -0.3 is 0 Å². The third kappa shape index (κ3) is 3.47. The predicted molar refractivity (Wildman–Crippen MR) is 68.4 cm³/mol. The first kappa shape index (κ1) is 14.4. The van der Waals surface area contributed by atoms with Crippen LogP contribution in [-0.4, -0.2) is 18.1 Å². The fraction of sp³-hybridized carbons (Fsp3) is 0.692. The van der Waals surface area contributed by atoms with Crippen molar-refractivity contribution in [3.05, 3.63) is 24.3 Å². The molecule has 0 rings (SSSR count). The average Bonchev–Trinajstić information content (AvgIpc) is 2.11. The summed E-state index contributed by atoms with van der Waals surface area (Å²) in [6.45, 7) is 16.7. The van der Waals surface area contributed by atoms with E-state index >= 15 is 0 Å². The Morgan fingerprint density at radius 1 is 1.40 bits per heavy atom. The summed E-state index contributed by atoms with van der Waals surface area (Å²) >= 11 is 0. The van der Waals surface area contributed by atoms with Crippen molar-refractivity contribution in [3.63, 3.8) is 0 Å². The predicted octanol–water partition coefficient (Wildman–Crippen LogP) is 3.12. The van der Waals surface area contributed by atoms with E-state index in [9.17, 15) is 0 Å². The Hall–Kier alpha value is -0.600. The maximum atomic E-state index is 5.91. The van der Waals surface area contributed by atoms with Gasteiger partial charge in [0.15, 0.2) is 0 Å². The molecular weight excluding hydrogens is 184 g/mol. The van der Waals surface area contributed by atoms with Gasteiger partial charge in [0.05, 0.1) is 0 Å². The van der Waals surface area contributed by atoms with Gasteiger partial charge in [0.2, 0.25) is 0 Å². The van der Waals surface area contributed by atoms with E-state index in [1.807, 2.05) is 14.0 Å². The standard InChI is InChI=1S/C13H26N2/c1-8-9-12(15(7)14)13(5,6)11(4)10(2)3/h12H,2,4,8-9,14H2,1,3,5-7H3/t12-/m0/s1. The van der Waals surface area contributed by atoms with E-state index in [0.717, 1.165) is 24.0 Å². The van der Waals surface area contributed by atoms with Crippen LogP contribution in [0.3, 0.4) is 0 Å². The Morgan fingerprint density at radius 3 is 2.13 bits per heavy atom. The third-order valence-electron chi connectivity index (χ3n) is 3.18. The molecule has 0 amide bonds. The minimum absolute atomic E-state index is 0.0225. The summed E-state index contributed by atoms with van der Waals surface area (Å²) in [6.07, 6.45) is 2.20. The smallest absolute Gasteiger partial charge is 0.0329 e. The summed E-state index contributed by atoms with van der Waals surface area (Å²) < 4.78 is 0. The van der Waals surface area contributed by atoms with Crippen molar-refractivity contribution in [3.8, 4) is 0 Å². The molecule has 0 aromatic rings. The molecule has 0 aromatic carbocycles. The number of nitrogens with zero attached hydrogens (tertiary/aromatic N) is 1. The van der Waals surface area contributed by atoms with E-state index < -0.39 is 0 Å². The first-order valence-electron chi connectivity index (χ1n) is 5.57. The molecule has 0 bridgehead atoms. The number of nitrogens with two attached hydrogens (primary N) is 1. The van der Waals surface area contributed by atoms with Crippen LogP contribution in [0.15, 0.2) is 24.3 Å². The summed E-state index contributed by atoms with van der Waals surface area (Å²) in [5.41, 5.74) is 2.12. The van der Waals surface area contributed by atoms with Crippen molar-refractivity contribution < 1.29 is 0 Å². The van der Waals surface area contributed by atoms with Crippen LogP contribution < -0.4 is 5.84 Å². The van der Waals surface area contributed by atoms with E-state index in [2.05, 4.69) is 33.9 Å². The summed E-state index contributed by atoms with van der Waals surface area (Å²) in [4.78, 5) is 0.